The fourth-order valence-electron chi connectivity index (χ4n) is 3.09. The molecule has 2 aromatic carbocycles. The summed E-state index contributed by atoms with van der Waals surface area (Å²) in [6.07, 6.45) is 4.90. The van der Waals surface area contributed by atoms with Gasteiger partial charge in [-0.15, -0.1) is 6.58 Å². The van der Waals surface area contributed by atoms with E-state index in [9.17, 15) is 13.2 Å². The number of methoxy groups -OCH3 is 1. The third-order valence-electron chi connectivity index (χ3n) is 4.69. The number of nitrogens with one attached hydrogen (secondary N) is 2. The van der Waals surface area contributed by atoms with E-state index in [1.165, 1.54) is 30.3 Å². The zero-order chi connectivity index (χ0) is 22.4. The smallest absolute Gasteiger partial charge is 0.252 e. The van der Waals surface area contributed by atoms with Gasteiger partial charge in [-0.2, -0.15) is 0 Å². The van der Waals surface area contributed by atoms with E-state index >= 15 is 0 Å². The van der Waals surface area contributed by atoms with Crippen LogP contribution in [0.25, 0.3) is 0 Å². The molecule has 0 aliphatic heterocycles. The average molecular weight is 441 g/mol. The van der Waals surface area contributed by atoms with Gasteiger partial charge in [-0.05, 0) is 30.3 Å². The molecule has 1 amide bonds. The van der Waals surface area contributed by atoms with Crippen molar-refractivity contribution in [2.45, 2.75) is 10.9 Å². The second-order valence-corrected chi connectivity index (χ2v) is 8.48. The number of aryl methyl sites for hydroxylation is 1. The van der Waals surface area contributed by atoms with Gasteiger partial charge in [0.05, 0.1) is 12.0 Å². The van der Waals surface area contributed by atoms with E-state index in [0.29, 0.717) is 17.1 Å². The third kappa shape index (κ3) is 5.01. The number of nitrogens with zero attached hydrogens (tertiary/aromatic N) is 2. The van der Waals surface area contributed by atoms with Crippen LogP contribution in [0.2, 0.25) is 0 Å². The molecular formula is C22H24N4O4S. The first-order valence-corrected chi connectivity index (χ1v) is 11.0. The molecule has 0 fully saturated rings. The van der Waals surface area contributed by atoms with Gasteiger partial charge in [-0.3, -0.25) is 4.79 Å². The minimum absolute atomic E-state index is 0.0660. The number of hydrogen-bond donors (Lipinski definition) is 2. The molecule has 2 N–H and O–H groups in total. The summed E-state index contributed by atoms with van der Waals surface area (Å²) in [6, 6.07) is 12.5. The van der Waals surface area contributed by atoms with Gasteiger partial charge in [0.1, 0.15) is 17.6 Å². The SMILES string of the molecule is C=CCNS(=O)(=O)c1ccc(C(=O)N[C@@H](c2ccccc2OC)c2nccn2C)cc1. The van der Waals surface area contributed by atoms with E-state index in [1.807, 2.05) is 35.9 Å². The Morgan fingerprint density at radius 2 is 1.94 bits per heavy atom. The Balaban J connectivity index is 1.89. The molecule has 3 rings (SSSR count). The number of ether oxygens (including phenoxy) is 1. The number of carbonyl (C=O) groups is 1. The fraction of sp³-hybridized carbons (Fsp3) is 0.182. The lowest BCUT2D eigenvalue weighted by Crippen LogP contribution is -2.31. The summed E-state index contributed by atoms with van der Waals surface area (Å²) < 4.78 is 34.1. The van der Waals surface area contributed by atoms with Crippen molar-refractivity contribution >= 4 is 15.9 Å². The Kier molecular flexibility index (Phi) is 6.88. The van der Waals surface area contributed by atoms with Crippen molar-refractivity contribution in [3.05, 3.63) is 90.5 Å². The van der Waals surface area contributed by atoms with Gasteiger partial charge < -0.3 is 14.6 Å². The quantitative estimate of drug-likeness (QED) is 0.498. The van der Waals surface area contributed by atoms with Crippen molar-refractivity contribution in [1.82, 2.24) is 19.6 Å². The molecule has 0 spiro atoms. The summed E-state index contributed by atoms with van der Waals surface area (Å²) >= 11 is 0. The highest BCUT2D eigenvalue weighted by Gasteiger charge is 2.24. The van der Waals surface area contributed by atoms with Crippen molar-refractivity contribution in [1.29, 1.82) is 0 Å². The van der Waals surface area contributed by atoms with Crippen LogP contribution in [-0.4, -0.2) is 37.5 Å². The Bertz CT molecular complexity index is 1170. The number of carbonyl (C=O) groups excluding carboxylic acids is 1. The second kappa shape index (κ2) is 9.59. The maximum absolute atomic E-state index is 13.0. The van der Waals surface area contributed by atoms with Crippen LogP contribution in [0.5, 0.6) is 5.75 Å². The monoisotopic (exact) mass is 440 g/mol. The average Bonchev–Trinajstić information content (AvgIpc) is 3.21. The van der Waals surface area contributed by atoms with Gasteiger partial charge in [0.15, 0.2) is 0 Å². The van der Waals surface area contributed by atoms with Crippen LogP contribution in [0.1, 0.15) is 27.8 Å². The molecule has 31 heavy (non-hydrogen) atoms. The number of hydrogen-bond acceptors (Lipinski definition) is 5. The highest BCUT2D eigenvalue weighted by atomic mass is 32.2. The molecule has 1 atom stereocenters. The molecule has 0 bridgehead atoms. The van der Waals surface area contributed by atoms with Gasteiger partial charge in [0.25, 0.3) is 5.91 Å². The largest absolute Gasteiger partial charge is 0.496 e. The maximum Gasteiger partial charge on any atom is 0.252 e. The molecule has 0 aliphatic rings. The lowest BCUT2D eigenvalue weighted by atomic mass is 10.0. The third-order valence-corrected chi connectivity index (χ3v) is 6.13. The summed E-state index contributed by atoms with van der Waals surface area (Å²) in [5.41, 5.74) is 1.07. The number of imidazole rings is 1. The lowest BCUT2D eigenvalue weighted by Gasteiger charge is -2.21. The molecular weight excluding hydrogens is 416 g/mol. The van der Waals surface area contributed by atoms with Crippen molar-refractivity contribution in [3.8, 4) is 5.75 Å². The number of para-hydroxylation sites is 1. The van der Waals surface area contributed by atoms with Crippen molar-refractivity contribution < 1.29 is 17.9 Å². The van der Waals surface area contributed by atoms with Crippen LogP contribution in [0.4, 0.5) is 0 Å². The van der Waals surface area contributed by atoms with Gasteiger partial charge in [0, 0.05) is 37.1 Å². The summed E-state index contributed by atoms with van der Waals surface area (Å²) in [4.78, 5) is 17.5. The first-order valence-electron chi connectivity index (χ1n) is 9.49. The molecule has 3 aromatic rings. The van der Waals surface area contributed by atoms with Gasteiger partial charge >= 0.3 is 0 Å². The van der Waals surface area contributed by atoms with Crippen LogP contribution in [-0.2, 0) is 17.1 Å². The van der Waals surface area contributed by atoms with E-state index in [1.54, 1.807) is 19.5 Å². The number of sulfonamides is 1. The molecule has 9 heteroatoms. The summed E-state index contributed by atoms with van der Waals surface area (Å²) in [5, 5.41) is 2.98. The molecule has 0 radical (unpaired) electrons. The first-order chi connectivity index (χ1) is 14.9. The van der Waals surface area contributed by atoms with Crippen LogP contribution >= 0.6 is 0 Å². The second-order valence-electron chi connectivity index (χ2n) is 6.71. The number of rotatable bonds is 9. The van der Waals surface area contributed by atoms with Crippen molar-refractivity contribution in [3.63, 3.8) is 0 Å². The molecule has 1 aromatic heterocycles. The fourth-order valence-corrected chi connectivity index (χ4v) is 4.09. The van der Waals surface area contributed by atoms with Crippen LogP contribution < -0.4 is 14.8 Å². The standard InChI is InChI=1S/C22H24N4O4S/c1-4-13-24-31(28,29)17-11-9-16(10-12-17)22(27)25-20(21-23-14-15-26(21)2)18-7-5-6-8-19(18)30-3/h4-12,14-15,20,24H,1,13H2,2-3H3,(H,25,27)/t20-/m0/s1. The predicted molar refractivity (Wildman–Crippen MR) is 117 cm³/mol. The van der Waals surface area contributed by atoms with Crippen molar-refractivity contribution in [2.24, 2.45) is 7.05 Å². The molecule has 8 nitrogen and oxygen atoms in total. The topological polar surface area (TPSA) is 102 Å². The Morgan fingerprint density at radius 1 is 1.23 bits per heavy atom. The predicted octanol–water partition coefficient (Wildman–Crippen LogP) is 2.41. The Morgan fingerprint density at radius 3 is 2.55 bits per heavy atom. The molecule has 162 valence electrons. The molecule has 0 aliphatic carbocycles. The number of aromatic nitrogens is 2. The molecule has 1 heterocycles. The van der Waals surface area contributed by atoms with Crippen LogP contribution in [0.3, 0.4) is 0 Å². The van der Waals surface area contributed by atoms with E-state index < -0.39 is 16.1 Å². The van der Waals surface area contributed by atoms with Crippen molar-refractivity contribution in [2.75, 3.05) is 13.7 Å². The minimum atomic E-state index is -3.66. The number of amides is 1. The summed E-state index contributed by atoms with van der Waals surface area (Å²) in [7, 11) is -0.259. The van der Waals surface area contributed by atoms with Crippen LogP contribution in [0.15, 0.2) is 78.5 Å². The van der Waals surface area contributed by atoms with Gasteiger partial charge in [0.2, 0.25) is 10.0 Å². The van der Waals surface area contributed by atoms with E-state index in [4.69, 9.17) is 4.74 Å². The van der Waals surface area contributed by atoms with E-state index in [2.05, 4.69) is 21.6 Å². The number of benzene rings is 2. The zero-order valence-corrected chi connectivity index (χ0v) is 18.1. The highest BCUT2D eigenvalue weighted by Crippen LogP contribution is 2.29. The van der Waals surface area contributed by atoms with Crippen LogP contribution in [0, 0.1) is 0 Å². The molecule has 0 unspecified atom stereocenters. The highest BCUT2D eigenvalue weighted by molar-refractivity contribution is 7.89. The zero-order valence-electron chi connectivity index (χ0n) is 17.3. The summed E-state index contributed by atoms with van der Waals surface area (Å²) in [6.45, 7) is 3.61. The lowest BCUT2D eigenvalue weighted by molar-refractivity contribution is 0.0940. The minimum Gasteiger partial charge on any atom is -0.496 e. The maximum atomic E-state index is 13.0. The van der Waals surface area contributed by atoms with Gasteiger partial charge in [-0.25, -0.2) is 18.1 Å². The Labute approximate surface area is 181 Å². The Hall–Kier alpha value is -3.43. The van der Waals surface area contributed by atoms with E-state index in [0.717, 1.165) is 5.56 Å². The molecule has 0 saturated heterocycles. The summed E-state index contributed by atoms with van der Waals surface area (Å²) in [5.74, 6) is 0.873. The first kappa shape index (κ1) is 22.3. The van der Waals surface area contributed by atoms with E-state index in [-0.39, 0.29) is 17.3 Å². The van der Waals surface area contributed by atoms with Gasteiger partial charge in [-0.1, -0.05) is 24.3 Å². The molecule has 0 saturated carbocycles. The normalized spacial score (nSPS) is 12.2.